The smallest absolute Gasteiger partial charge is 0.352 e. The zero-order valence-corrected chi connectivity index (χ0v) is 12.7. The number of hydrogen-bond donors (Lipinski definition) is 2. The van der Waals surface area contributed by atoms with Crippen molar-refractivity contribution in [1.82, 2.24) is 9.72 Å². The molecule has 0 fully saturated rings. The van der Waals surface area contributed by atoms with Crippen molar-refractivity contribution in [3.05, 3.63) is 47.3 Å². The largest absolute Gasteiger partial charge is 0.477 e. The number of carboxylic acid groups (broad SMARTS) is 1. The number of carbonyl (C=O) groups excluding carboxylic acids is 1. The summed E-state index contributed by atoms with van der Waals surface area (Å²) >= 11 is 0. The molecule has 1 aromatic carbocycles. The third kappa shape index (κ3) is 2.68. The second kappa shape index (κ2) is 5.60. The highest BCUT2D eigenvalue weighted by atomic mass is 16.5. The molecule has 0 spiro atoms. The molecule has 3 aromatic rings. The molecule has 0 aliphatic heterocycles. The number of hydrogen-bond acceptors (Lipinski definition) is 4. The zero-order chi connectivity index (χ0) is 16.6. The molecule has 0 bridgehead atoms. The number of amides is 1. The molecule has 2 N–H and O–H groups in total. The molecular weight excluding hydrogens is 298 g/mol. The van der Waals surface area contributed by atoms with Gasteiger partial charge in [-0.2, -0.15) is 0 Å². The summed E-state index contributed by atoms with van der Waals surface area (Å²) in [6.45, 7) is 1.72. The lowest BCUT2D eigenvalue weighted by atomic mass is 10.1. The highest BCUT2D eigenvalue weighted by Crippen LogP contribution is 2.26. The van der Waals surface area contributed by atoms with Crippen LogP contribution in [0.15, 0.2) is 34.9 Å². The Morgan fingerprint density at radius 2 is 2.09 bits per heavy atom. The number of carbonyl (C=O) groups is 2. The lowest BCUT2D eigenvalue weighted by Crippen LogP contribution is -2.17. The van der Waals surface area contributed by atoms with Crippen molar-refractivity contribution < 1.29 is 19.2 Å². The van der Waals surface area contributed by atoms with Gasteiger partial charge in [0.05, 0.1) is 6.42 Å². The van der Waals surface area contributed by atoms with Crippen LogP contribution in [-0.4, -0.2) is 26.7 Å². The van der Waals surface area contributed by atoms with E-state index in [1.165, 1.54) is 0 Å². The van der Waals surface area contributed by atoms with Crippen LogP contribution in [0.3, 0.4) is 0 Å². The monoisotopic (exact) mass is 313 g/mol. The maximum Gasteiger partial charge on any atom is 0.352 e. The van der Waals surface area contributed by atoms with E-state index in [1.807, 2.05) is 24.3 Å². The first-order valence-corrected chi connectivity index (χ1v) is 7.00. The highest BCUT2D eigenvalue weighted by Gasteiger charge is 2.22. The fraction of sp³-hybridized carbons (Fsp3) is 0.188. The average molecular weight is 313 g/mol. The number of aryl methyl sites for hydroxylation is 2. The first-order chi connectivity index (χ1) is 11.0. The van der Waals surface area contributed by atoms with Crippen LogP contribution in [0.1, 0.15) is 21.8 Å². The number of anilines is 1. The number of benzene rings is 1. The van der Waals surface area contributed by atoms with Crippen LogP contribution in [0.2, 0.25) is 0 Å². The topological polar surface area (TPSA) is 97.4 Å². The van der Waals surface area contributed by atoms with Gasteiger partial charge in [0.2, 0.25) is 5.91 Å². The molecule has 0 aliphatic carbocycles. The molecule has 0 aliphatic rings. The number of nitrogens with zero attached hydrogens (tertiary/aromatic N) is 2. The van der Waals surface area contributed by atoms with Crippen LogP contribution in [0, 0.1) is 6.92 Å². The molecule has 7 heteroatoms. The SMILES string of the molecule is Cc1cc(NC(=O)Cc2c(C(=O)O)n(C)c3ccccc23)no1. The summed E-state index contributed by atoms with van der Waals surface area (Å²) in [6, 6.07) is 8.88. The number of nitrogens with one attached hydrogen (secondary N) is 1. The van der Waals surface area contributed by atoms with E-state index in [1.54, 1.807) is 24.6 Å². The molecule has 0 unspecified atom stereocenters. The van der Waals surface area contributed by atoms with Gasteiger partial charge in [-0.15, -0.1) is 0 Å². The van der Waals surface area contributed by atoms with Crippen molar-refractivity contribution in [2.45, 2.75) is 13.3 Å². The van der Waals surface area contributed by atoms with Crippen molar-refractivity contribution in [2.75, 3.05) is 5.32 Å². The number of fused-ring (bicyclic) bond motifs is 1. The van der Waals surface area contributed by atoms with E-state index < -0.39 is 5.97 Å². The minimum absolute atomic E-state index is 0.0606. The van der Waals surface area contributed by atoms with Crippen LogP contribution in [0.5, 0.6) is 0 Å². The van der Waals surface area contributed by atoms with Gasteiger partial charge in [-0.05, 0) is 13.0 Å². The fourth-order valence-corrected chi connectivity index (χ4v) is 2.70. The van der Waals surface area contributed by atoms with Gasteiger partial charge >= 0.3 is 5.97 Å². The van der Waals surface area contributed by atoms with Crippen LogP contribution in [0.25, 0.3) is 10.9 Å². The van der Waals surface area contributed by atoms with E-state index in [0.717, 1.165) is 10.9 Å². The summed E-state index contributed by atoms with van der Waals surface area (Å²) in [4.78, 5) is 23.8. The quantitative estimate of drug-likeness (QED) is 0.770. The van der Waals surface area contributed by atoms with Gasteiger partial charge in [0.25, 0.3) is 0 Å². The van der Waals surface area contributed by atoms with Gasteiger partial charge in [0.15, 0.2) is 5.82 Å². The Labute approximate surface area is 131 Å². The summed E-state index contributed by atoms with van der Waals surface area (Å²) in [6.07, 6.45) is -0.0606. The predicted molar refractivity (Wildman–Crippen MR) is 83.5 cm³/mol. The normalized spacial score (nSPS) is 10.9. The van der Waals surface area contributed by atoms with Gasteiger partial charge in [-0.1, -0.05) is 23.4 Å². The number of aromatic nitrogens is 2. The third-order valence-electron chi connectivity index (χ3n) is 3.65. The van der Waals surface area contributed by atoms with E-state index >= 15 is 0 Å². The Morgan fingerprint density at radius 1 is 1.35 bits per heavy atom. The second-order valence-corrected chi connectivity index (χ2v) is 5.26. The van der Waals surface area contributed by atoms with Crippen LogP contribution in [0.4, 0.5) is 5.82 Å². The lowest BCUT2D eigenvalue weighted by Gasteiger charge is -2.03. The van der Waals surface area contributed by atoms with Crippen molar-refractivity contribution in [2.24, 2.45) is 7.05 Å². The van der Waals surface area contributed by atoms with Crippen LogP contribution < -0.4 is 5.32 Å². The lowest BCUT2D eigenvalue weighted by molar-refractivity contribution is -0.115. The second-order valence-electron chi connectivity index (χ2n) is 5.26. The first-order valence-electron chi connectivity index (χ1n) is 7.00. The minimum atomic E-state index is -1.07. The van der Waals surface area contributed by atoms with Crippen molar-refractivity contribution in [1.29, 1.82) is 0 Å². The van der Waals surface area contributed by atoms with E-state index in [4.69, 9.17) is 4.52 Å². The van der Waals surface area contributed by atoms with Crippen LogP contribution >= 0.6 is 0 Å². The molecule has 1 amide bonds. The standard InChI is InChI=1S/C16H15N3O4/c1-9-7-13(18-23-9)17-14(20)8-11-10-5-3-4-6-12(10)19(2)15(11)16(21)22/h3-7H,8H2,1-2H3,(H,21,22)(H,17,18,20). The maximum atomic E-state index is 12.2. The molecule has 2 aromatic heterocycles. The van der Waals surface area contributed by atoms with E-state index in [0.29, 0.717) is 17.1 Å². The summed E-state index contributed by atoms with van der Waals surface area (Å²) < 4.78 is 6.47. The Morgan fingerprint density at radius 3 is 2.74 bits per heavy atom. The van der Waals surface area contributed by atoms with Crippen molar-refractivity contribution in [3.8, 4) is 0 Å². The van der Waals surface area contributed by atoms with E-state index in [9.17, 15) is 14.7 Å². The molecule has 0 saturated heterocycles. The summed E-state index contributed by atoms with van der Waals surface area (Å²) in [7, 11) is 1.67. The molecule has 7 nitrogen and oxygen atoms in total. The predicted octanol–water partition coefficient (Wildman–Crippen LogP) is 2.35. The summed E-state index contributed by atoms with van der Waals surface area (Å²) in [5, 5.41) is 16.5. The summed E-state index contributed by atoms with van der Waals surface area (Å²) in [5.74, 6) is -0.526. The Kier molecular flexibility index (Phi) is 3.61. The summed E-state index contributed by atoms with van der Waals surface area (Å²) in [5.41, 5.74) is 1.36. The molecular formula is C16H15N3O4. The highest BCUT2D eigenvalue weighted by molar-refractivity contribution is 6.02. The van der Waals surface area contributed by atoms with Crippen molar-refractivity contribution >= 4 is 28.6 Å². The fourth-order valence-electron chi connectivity index (χ4n) is 2.70. The van der Waals surface area contributed by atoms with Crippen LogP contribution in [-0.2, 0) is 18.3 Å². The Balaban J connectivity index is 1.97. The number of para-hydroxylation sites is 1. The molecule has 2 heterocycles. The molecule has 0 radical (unpaired) electrons. The van der Waals surface area contributed by atoms with Gasteiger partial charge in [-0.3, -0.25) is 4.79 Å². The van der Waals surface area contributed by atoms with Gasteiger partial charge < -0.3 is 19.5 Å². The van der Waals surface area contributed by atoms with Gasteiger partial charge in [0, 0.05) is 29.6 Å². The van der Waals surface area contributed by atoms with E-state index in [-0.39, 0.29) is 18.0 Å². The van der Waals surface area contributed by atoms with E-state index in [2.05, 4.69) is 10.5 Å². The van der Waals surface area contributed by atoms with Gasteiger partial charge in [-0.25, -0.2) is 4.79 Å². The first kappa shape index (κ1) is 14.8. The average Bonchev–Trinajstić information content (AvgIpc) is 3.02. The Bertz CT molecular complexity index is 907. The molecule has 3 rings (SSSR count). The molecule has 0 saturated carbocycles. The number of aromatic carboxylic acids is 1. The zero-order valence-electron chi connectivity index (χ0n) is 12.7. The maximum absolute atomic E-state index is 12.2. The number of rotatable bonds is 4. The Hall–Kier alpha value is -3.09. The minimum Gasteiger partial charge on any atom is -0.477 e. The number of carboxylic acids is 1. The molecule has 23 heavy (non-hydrogen) atoms. The van der Waals surface area contributed by atoms with Crippen molar-refractivity contribution in [3.63, 3.8) is 0 Å². The molecule has 118 valence electrons. The molecule has 0 atom stereocenters. The third-order valence-corrected chi connectivity index (χ3v) is 3.65. The van der Waals surface area contributed by atoms with Gasteiger partial charge in [0.1, 0.15) is 11.5 Å².